The SMILES string of the molecule is C=CCNC(=NCCc1ccco1)NC1CCCN(C(=O)OC(C)(C)C)C1.I. The molecular weight excluding hydrogens is 471 g/mol. The Morgan fingerprint density at radius 3 is 2.93 bits per heavy atom. The lowest BCUT2D eigenvalue weighted by Crippen LogP contribution is -2.53. The predicted octanol–water partition coefficient (Wildman–Crippen LogP) is 3.56. The number of hydrogen-bond donors (Lipinski definition) is 2. The van der Waals surface area contributed by atoms with E-state index in [0.717, 1.165) is 37.5 Å². The number of carbonyl (C=O) groups excluding carboxylic acids is 1. The topological polar surface area (TPSA) is 79.1 Å². The lowest BCUT2D eigenvalue weighted by atomic mass is 10.1. The van der Waals surface area contributed by atoms with E-state index in [-0.39, 0.29) is 36.1 Å². The second kappa shape index (κ2) is 12.0. The highest BCUT2D eigenvalue weighted by Crippen LogP contribution is 2.15. The summed E-state index contributed by atoms with van der Waals surface area (Å²) in [5.74, 6) is 1.63. The standard InChI is InChI=1S/C20H32N4O3.HI/c1-5-11-21-18(22-12-10-17-9-7-14-26-17)23-16-8-6-13-24(15-16)19(25)27-20(2,3)4;/h5,7,9,14,16H,1,6,8,10-13,15H2,2-4H3,(H2,21,22,23);1H. The molecule has 1 saturated heterocycles. The second-order valence-electron chi connectivity index (χ2n) is 7.64. The Hall–Kier alpha value is -1.71. The van der Waals surface area contributed by atoms with E-state index in [1.165, 1.54) is 0 Å². The zero-order valence-corrected chi connectivity index (χ0v) is 19.4. The number of nitrogens with zero attached hydrogens (tertiary/aromatic N) is 2. The van der Waals surface area contributed by atoms with Crippen molar-refractivity contribution >= 4 is 36.0 Å². The number of guanidine groups is 1. The Morgan fingerprint density at radius 1 is 1.50 bits per heavy atom. The van der Waals surface area contributed by atoms with Crippen LogP contribution in [0.4, 0.5) is 4.79 Å². The van der Waals surface area contributed by atoms with Crippen molar-refractivity contribution in [1.29, 1.82) is 0 Å². The average molecular weight is 504 g/mol. The Balaban J connectivity index is 0.00000392. The fourth-order valence-electron chi connectivity index (χ4n) is 2.83. The Kier molecular flexibility index (Phi) is 10.4. The maximum absolute atomic E-state index is 12.3. The lowest BCUT2D eigenvalue weighted by Gasteiger charge is -2.35. The molecule has 0 aromatic carbocycles. The summed E-state index contributed by atoms with van der Waals surface area (Å²) in [5.41, 5.74) is -0.485. The first-order chi connectivity index (χ1) is 12.9. The normalized spacial score (nSPS) is 17.5. The molecular formula is C20H33IN4O3. The molecule has 1 amide bonds. The average Bonchev–Trinajstić information content (AvgIpc) is 3.11. The molecule has 1 aromatic heterocycles. The maximum Gasteiger partial charge on any atom is 0.410 e. The van der Waals surface area contributed by atoms with Gasteiger partial charge < -0.3 is 24.7 Å². The van der Waals surface area contributed by atoms with Gasteiger partial charge in [-0.2, -0.15) is 0 Å². The first-order valence-electron chi connectivity index (χ1n) is 9.53. The molecule has 8 heteroatoms. The van der Waals surface area contributed by atoms with Crippen LogP contribution in [0.2, 0.25) is 0 Å². The van der Waals surface area contributed by atoms with Crippen LogP contribution in [-0.4, -0.2) is 54.8 Å². The van der Waals surface area contributed by atoms with E-state index in [2.05, 4.69) is 22.2 Å². The Bertz CT molecular complexity index is 626. The van der Waals surface area contributed by atoms with Crippen molar-refractivity contribution in [2.75, 3.05) is 26.2 Å². The molecule has 1 aliphatic rings. The molecule has 0 spiro atoms. The van der Waals surface area contributed by atoms with Gasteiger partial charge in [-0.1, -0.05) is 6.08 Å². The molecule has 2 heterocycles. The van der Waals surface area contributed by atoms with Crippen molar-refractivity contribution in [1.82, 2.24) is 15.5 Å². The zero-order chi connectivity index (χ0) is 19.7. The van der Waals surface area contributed by atoms with E-state index in [4.69, 9.17) is 9.15 Å². The molecule has 1 aliphatic heterocycles. The van der Waals surface area contributed by atoms with Crippen molar-refractivity contribution in [3.8, 4) is 0 Å². The summed E-state index contributed by atoms with van der Waals surface area (Å²) in [6.07, 6.45) is 5.84. The zero-order valence-electron chi connectivity index (χ0n) is 17.1. The smallest absolute Gasteiger partial charge is 0.410 e. The number of amides is 1. The molecule has 2 rings (SSSR count). The predicted molar refractivity (Wildman–Crippen MR) is 122 cm³/mol. The molecule has 2 N–H and O–H groups in total. The van der Waals surface area contributed by atoms with Crippen LogP contribution in [-0.2, 0) is 11.2 Å². The molecule has 1 unspecified atom stereocenters. The van der Waals surface area contributed by atoms with Gasteiger partial charge in [0.05, 0.1) is 6.26 Å². The molecule has 28 heavy (non-hydrogen) atoms. The molecule has 158 valence electrons. The minimum Gasteiger partial charge on any atom is -0.469 e. The highest BCUT2D eigenvalue weighted by atomic mass is 127. The van der Waals surface area contributed by atoms with E-state index in [1.807, 2.05) is 32.9 Å². The quantitative estimate of drug-likeness (QED) is 0.268. The molecule has 0 saturated carbocycles. The van der Waals surface area contributed by atoms with E-state index in [9.17, 15) is 4.79 Å². The van der Waals surface area contributed by atoms with Crippen molar-refractivity contribution in [3.05, 3.63) is 36.8 Å². The van der Waals surface area contributed by atoms with Gasteiger partial charge >= 0.3 is 6.09 Å². The summed E-state index contributed by atoms with van der Waals surface area (Å²) >= 11 is 0. The van der Waals surface area contributed by atoms with Crippen LogP contribution in [0.15, 0.2) is 40.5 Å². The van der Waals surface area contributed by atoms with Crippen molar-refractivity contribution in [2.24, 2.45) is 4.99 Å². The van der Waals surface area contributed by atoms with Crippen LogP contribution in [0.1, 0.15) is 39.4 Å². The summed E-state index contributed by atoms with van der Waals surface area (Å²) in [6, 6.07) is 3.95. The number of furan rings is 1. The van der Waals surface area contributed by atoms with E-state index < -0.39 is 5.60 Å². The number of piperidine rings is 1. The highest BCUT2D eigenvalue weighted by molar-refractivity contribution is 14.0. The molecule has 1 fully saturated rings. The molecule has 1 atom stereocenters. The number of halogens is 1. The van der Waals surface area contributed by atoms with Crippen LogP contribution in [0, 0.1) is 0 Å². The van der Waals surface area contributed by atoms with Gasteiger partial charge in [0.1, 0.15) is 11.4 Å². The van der Waals surface area contributed by atoms with Gasteiger partial charge in [0.25, 0.3) is 0 Å². The second-order valence-corrected chi connectivity index (χ2v) is 7.64. The van der Waals surface area contributed by atoms with Crippen LogP contribution in [0.25, 0.3) is 0 Å². The van der Waals surface area contributed by atoms with Crippen molar-refractivity contribution in [3.63, 3.8) is 0 Å². The van der Waals surface area contributed by atoms with Gasteiger partial charge in [-0.25, -0.2) is 4.79 Å². The number of rotatable bonds is 6. The largest absolute Gasteiger partial charge is 0.469 e. The summed E-state index contributed by atoms with van der Waals surface area (Å²) in [4.78, 5) is 18.7. The van der Waals surface area contributed by atoms with Gasteiger partial charge in [0, 0.05) is 38.6 Å². The van der Waals surface area contributed by atoms with Crippen LogP contribution < -0.4 is 10.6 Å². The van der Waals surface area contributed by atoms with E-state index >= 15 is 0 Å². The minimum atomic E-state index is -0.485. The number of aliphatic imine (C=N–C) groups is 1. The Morgan fingerprint density at radius 2 is 2.29 bits per heavy atom. The van der Waals surface area contributed by atoms with Gasteiger partial charge in [-0.15, -0.1) is 30.6 Å². The van der Waals surface area contributed by atoms with Crippen LogP contribution in [0.3, 0.4) is 0 Å². The Labute approximate surface area is 185 Å². The molecule has 7 nitrogen and oxygen atoms in total. The molecule has 0 radical (unpaired) electrons. The van der Waals surface area contributed by atoms with Crippen LogP contribution >= 0.6 is 24.0 Å². The fourth-order valence-corrected chi connectivity index (χ4v) is 2.83. The van der Waals surface area contributed by atoms with Gasteiger partial charge in [0.2, 0.25) is 0 Å². The maximum atomic E-state index is 12.3. The third kappa shape index (κ3) is 8.99. The summed E-state index contributed by atoms with van der Waals surface area (Å²) in [5, 5.41) is 6.66. The minimum absolute atomic E-state index is 0. The van der Waals surface area contributed by atoms with Gasteiger partial charge in [-0.05, 0) is 45.7 Å². The highest BCUT2D eigenvalue weighted by Gasteiger charge is 2.28. The van der Waals surface area contributed by atoms with Crippen molar-refractivity contribution < 1.29 is 13.9 Å². The number of hydrogen-bond acceptors (Lipinski definition) is 4. The molecule has 0 bridgehead atoms. The monoisotopic (exact) mass is 504 g/mol. The van der Waals surface area contributed by atoms with Crippen molar-refractivity contribution in [2.45, 2.75) is 51.7 Å². The number of nitrogens with one attached hydrogen (secondary N) is 2. The first-order valence-corrected chi connectivity index (χ1v) is 9.53. The van der Waals surface area contributed by atoms with E-state index in [0.29, 0.717) is 19.6 Å². The summed E-state index contributed by atoms with van der Waals surface area (Å²) in [6.45, 7) is 11.9. The number of likely N-dealkylation sites (tertiary alicyclic amines) is 1. The first kappa shape index (κ1) is 24.3. The van der Waals surface area contributed by atoms with Gasteiger partial charge in [0.15, 0.2) is 5.96 Å². The third-order valence-corrected chi connectivity index (χ3v) is 4.04. The fraction of sp³-hybridized carbons (Fsp3) is 0.600. The number of ether oxygens (including phenoxy) is 1. The van der Waals surface area contributed by atoms with Crippen LogP contribution in [0.5, 0.6) is 0 Å². The summed E-state index contributed by atoms with van der Waals surface area (Å²) in [7, 11) is 0. The number of carbonyl (C=O) groups is 1. The van der Waals surface area contributed by atoms with E-state index in [1.54, 1.807) is 17.2 Å². The summed E-state index contributed by atoms with van der Waals surface area (Å²) < 4.78 is 10.8. The molecule has 0 aliphatic carbocycles. The lowest BCUT2D eigenvalue weighted by molar-refractivity contribution is 0.0193. The molecule has 1 aromatic rings. The van der Waals surface area contributed by atoms with Gasteiger partial charge in [-0.3, -0.25) is 4.99 Å². The third-order valence-electron chi connectivity index (χ3n) is 4.04.